The highest BCUT2D eigenvalue weighted by Gasteiger charge is 2.20. The summed E-state index contributed by atoms with van der Waals surface area (Å²) < 4.78 is 2.57. The molecule has 4 nitrogen and oxygen atoms in total. The van der Waals surface area contributed by atoms with E-state index in [2.05, 4.69) is 13.7 Å². The largest absolute Gasteiger partial charge is 0.293 e. The second kappa shape index (κ2) is 3.65. The van der Waals surface area contributed by atoms with Gasteiger partial charge in [0.25, 0.3) is 5.91 Å². The number of nitrogens with zero attached hydrogens (tertiary/aromatic N) is 1. The van der Waals surface area contributed by atoms with Gasteiger partial charge >= 0.3 is 0 Å². The molecule has 0 aromatic carbocycles. The molecule has 2 N–H and O–H groups in total. The standard InChI is InChI=1S/C8H10IN3O/c9-10-8(13)7-5-3-1-2-4-6(5)11-12-7/h1-4H2,(H,10,13)(H,11,12). The summed E-state index contributed by atoms with van der Waals surface area (Å²) in [4.78, 5) is 11.3. The van der Waals surface area contributed by atoms with Crippen LogP contribution in [-0.2, 0) is 12.8 Å². The molecule has 1 aliphatic rings. The molecular weight excluding hydrogens is 281 g/mol. The summed E-state index contributed by atoms with van der Waals surface area (Å²) in [5.74, 6) is -0.0972. The second-order valence-electron chi connectivity index (χ2n) is 3.16. The number of rotatable bonds is 1. The van der Waals surface area contributed by atoms with Gasteiger partial charge in [0.15, 0.2) is 5.69 Å². The number of carbonyl (C=O) groups is 1. The molecule has 1 amide bonds. The van der Waals surface area contributed by atoms with Crippen LogP contribution in [0.15, 0.2) is 0 Å². The Kier molecular flexibility index (Phi) is 2.52. The lowest BCUT2D eigenvalue weighted by Crippen LogP contribution is -2.15. The van der Waals surface area contributed by atoms with E-state index in [1.165, 1.54) is 6.42 Å². The highest BCUT2D eigenvalue weighted by atomic mass is 127. The highest BCUT2D eigenvalue weighted by Crippen LogP contribution is 2.21. The van der Waals surface area contributed by atoms with Gasteiger partial charge in [-0.25, -0.2) is 0 Å². The van der Waals surface area contributed by atoms with Gasteiger partial charge in [-0.05, 0) is 25.7 Å². The van der Waals surface area contributed by atoms with Crippen molar-refractivity contribution in [3.05, 3.63) is 17.0 Å². The zero-order valence-electron chi connectivity index (χ0n) is 7.06. The van der Waals surface area contributed by atoms with E-state index >= 15 is 0 Å². The fourth-order valence-corrected chi connectivity index (χ4v) is 1.97. The van der Waals surface area contributed by atoms with Gasteiger partial charge < -0.3 is 0 Å². The molecule has 0 saturated heterocycles. The minimum Gasteiger partial charge on any atom is -0.293 e. The molecule has 1 aliphatic carbocycles. The number of nitrogens with one attached hydrogen (secondary N) is 2. The van der Waals surface area contributed by atoms with Crippen LogP contribution in [0.4, 0.5) is 0 Å². The average Bonchev–Trinajstić information content (AvgIpc) is 2.60. The number of aromatic amines is 1. The van der Waals surface area contributed by atoms with E-state index in [-0.39, 0.29) is 5.91 Å². The zero-order valence-corrected chi connectivity index (χ0v) is 9.22. The van der Waals surface area contributed by atoms with Crippen LogP contribution in [0.25, 0.3) is 0 Å². The summed E-state index contributed by atoms with van der Waals surface area (Å²) >= 11 is 1.84. The molecule has 0 saturated carbocycles. The molecule has 1 heterocycles. The summed E-state index contributed by atoms with van der Waals surface area (Å²) in [6.07, 6.45) is 4.36. The van der Waals surface area contributed by atoms with E-state index in [1.807, 2.05) is 22.9 Å². The van der Waals surface area contributed by atoms with Gasteiger partial charge in [0, 0.05) is 11.3 Å². The smallest absolute Gasteiger partial charge is 0.280 e. The van der Waals surface area contributed by atoms with Gasteiger partial charge in [0.2, 0.25) is 0 Å². The van der Waals surface area contributed by atoms with Crippen molar-refractivity contribution in [2.45, 2.75) is 25.7 Å². The Morgan fingerprint density at radius 1 is 1.46 bits per heavy atom. The molecule has 0 fully saturated rings. The number of fused-ring (bicyclic) bond motifs is 1. The third kappa shape index (κ3) is 1.56. The third-order valence-electron chi connectivity index (χ3n) is 2.36. The normalized spacial score (nSPS) is 15.2. The molecule has 1 aromatic heterocycles. The van der Waals surface area contributed by atoms with Gasteiger partial charge in [-0.3, -0.25) is 13.4 Å². The fraction of sp³-hybridized carbons (Fsp3) is 0.500. The van der Waals surface area contributed by atoms with E-state index < -0.39 is 0 Å². The van der Waals surface area contributed by atoms with Gasteiger partial charge in [0.05, 0.1) is 22.9 Å². The summed E-state index contributed by atoms with van der Waals surface area (Å²) in [5, 5.41) is 6.95. The minimum atomic E-state index is -0.0972. The van der Waals surface area contributed by atoms with Crippen molar-refractivity contribution in [1.82, 2.24) is 13.7 Å². The van der Waals surface area contributed by atoms with Gasteiger partial charge in [-0.15, -0.1) is 0 Å². The first-order valence-corrected chi connectivity index (χ1v) is 5.38. The summed E-state index contributed by atoms with van der Waals surface area (Å²) in [5.41, 5.74) is 2.82. The van der Waals surface area contributed by atoms with Crippen molar-refractivity contribution in [2.24, 2.45) is 0 Å². The average molecular weight is 291 g/mol. The topological polar surface area (TPSA) is 57.8 Å². The summed E-state index contributed by atoms with van der Waals surface area (Å²) in [6.45, 7) is 0. The van der Waals surface area contributed by atoms with Crippen LogP contribution in [0.1, 0.15) is 34.6 Å². The maximum atomic E-state index is 11.3. The molecule has 0 atom stereocenters. The number of hydrogen-bond donors (Lipinski definition) is 2. The lowest BCUT2D eigenvalue weighted by atomic mass is 9.96. The van der Waals surface area contributed by atoms with Crippen LogP contribution in [0.5, 0.6) is 0 Å². The SMILES string of the molecule is O=C(NI)c1n[nH]c2c1CCCC2. The lowest BCUT2D eigenvalue weighted by Gasteiger charge is -2.09. The summed E-state index contributed by atoms with van der Waals surface area (Å²) in [6, 6.07) is 0. The van der Waals surface area contributed by atoms with Crippen molar-refractivity contribution in [2.75, 3.05) is 0 Å². The van der Waals surface area contributed by atoms with E-state index in [1.54, 1.807) is 0 Å². The number of aromatic nitrogens is 2. The molecule has 0 radical (unpaired) electrons. The second-order valence-corrected chi connectivity index (χ2v) is 3.70. The number of amides is 1. The number of hydrogen-bond acceptors (Lipinski definition) is 2. The van der Waals surface area contributed by atoms with Crippen LogP contribution in [0, 0.1) is 0 Å². The van der Waals surface area contributed by atoms with Crippen LogP contribution in [-0.4, -0.2) is 16.1 Å². The quantitative estimate of drug-likeness (QED) is 0.606. The first-order chi connectivity index (χ1) is 6.33. The van der Waals surface area contributed by atoms with E-state index in [0.29, 0.717) is 5.69 Å². The maximum Gasteiger partial charge on any atom is 0.280 e. The van der Waals surface area contributed by atoms with E-state index in [0.717, 1.165) is 30.5 Å². The number of halogens is 1. The molecule has 5 heteroatoms. The number of aryl methyl sites for hydroxylation is 1. The Morgan fingerprint density at radius 3 is 3.00 bits per heavy atom. The van der Waals surface area contributed by atoms with Gasteiger partial charge in [-0.2, -0.15) is 5.10 Å². The Morgan fingerprint density at radius 2 is 2.23 bits per heavy atom. The van der Waals surface area contributed by atoms with Crippen molar-refractivity contribution in [3.63, 3.8) is 0 Å². The van der Waals surface area contributed by atoms with E-state index in [9.17, 15) is 4.79 Å². The van der Waals surface area contributed by atoms with Gasteiger partial charge in [-0.1, -0.05) is 0 Å². The molecule has 2 rings (SSSR count). The number of H-pyrrole nitrogens is 1. The molecular formula is C8H10IN3O. The zero-order chi connectivity index (χ0) is 9.26. The van der Waals surface area contributed by atoms with Crippen molar-refractivity contribution < 1.29 is 4.79 Å². The fourth-order valence-electron chi connectivity index (χ4n) is 1.71. The molecule has 70 valence electrons. The maximum absolute atomic E-state index is 11.3. The number of carbonyl (C=O) groups excluding carboxylic acids is 1. The molecule has 13 heavy (non-hydrogen) atoms. The molecule has 0 spiro atoms. The first-order valence-electron chi connectivity index (χ1n) is 4.30. The molecule has 0 aliphatic heterocycles. The molecule has 0 unspecified atom stereocenters. The minimum absolute atomic E-state index is 0.0972. The van der Waals surface area contributed by atoms with Crippen LogP contribution in [0.2, 0.25) is 0 Å². The molecule has 0 bridgehead atoms. The van der Waals surface area contributed by atoms with Crippen LogP contribution < -0.4 is 3.53 Å². The van der Waals surface area contributed by atoms with Gasteiger partial charge in [0.1, 0.15) is 0 Å². The lowest BCUT2D eigenvalue weighted by molar-refractivity contribution is 0.0984. The van der Waals surface area contributed by atoms with Crippen LogP contribution >= 0.6 is 22.9 Å². The van der Waals surface area contributed by atoms with Crippen LogP contribution in [0.3, 0.4) is 0 Å². The molecule has 1 aromatic rings. The van der Waals surface area contributed by atoms with Crippen molar-refractivity contribution >= 4 is 28.8 Å². The monoisotopic (exact) mass is 291 g/mol. The highest BCUT2D eigenvalue weighted by molar-refractivity contribution is 14.1. The predicted octanol–water partition coefficient (Wildman–Crippen LogP) is 1.37. The predicted molar refractivity (Wildman–Crippen MR) is 56.7 cm³/mol. The third-order valence-corrected chi connectivity index (χ3v) is 2.85. The Labute approximate surface area is 90.0 Å². The Bertz CT molecular complexity index is 334. The Hall–Kier alpha value is -0.590. The summed E-state index contributed by atoms with van der Waals surface area (Å²) in [7, 11) is 0. The van der Waals surface area contributed by atoms with Crippen molar-refractivity contribution in [1.29, 1.82) is 0 Å². The van der Waals surface area contributed by atoms with E-state index in [4.69, 9.17) is 0 Å². The Balaban J connectivity index is 2.36. The first kappa shape index (κ1) is 8.98. The van der Waals surface area contributed by atoms with Crippen molar-refractivity contribution in [3.8, 4) is 0 Å².